The Morgan fingerprint density at radius 2 is 2.17 bits per heavy atom. The minimum atomic E-state index is 0.122. The third-order valence-electron chi connectivity index (χ3n) is 1.97. The smallest absolute Gasteiger partial charge is 0.248 e. The third-order valence-corrected chi connectivity index (χ3v) is 2.42. The summed E-state index contributed by atoms with van der Waals surface area (Å²) in [6, 6.07) is 0.182. The van der Waals surface area contributed by atoms with Gasteiger partial charge in [0.1, 0.15) is 0 Å². The topological polar surface area (TPSA) is 23.6 Å². The fourth-order valence-electron chi connectivity index (χ4n) is 1.32. The zero-order valence-corrected chi connectivity index (χ0v) is 8.52. The van der Waals surface area contributed by atoms with E-state index >= 15 is 0 Å². The molecule has 1 saturated heterocycles. The van der Waals surface area contributed by atoms with Crippen molar-refractivity contribution in [1.82, 2.24) is 9.80 Å². The van der Waals surface area contributed by atoms with E-state index in [0.29, 0.717) is 11.7 Å². The number of hydrogen-bond donors (Lipinski definition) is 0. The van der Waals surface area contributed by atoms with Crippen molar-refractivity contribution in [2.75, 3.05) is 13.1 Å². The molecule has 1 rings (SSSR count). The molecule has 1 amide bonds. The number of amides is 1. The first-order valence-electron chi connectivity index (χ1n) is 4.19. The molecule has 0 atom stereocenters. The highest BCUT2D eigenvalue weighted by molar-refractivity contribution is 7.80. The van der Waals surface area contributed by atoms with E-state index in [1.807, 2.05) is 25.7 Å². The van der Waals surface area contributed by atoms with Gasteiger partial charge in [-0.25, -0.2) is 0 Å². The Balaban J connectivity index is 2.77. The molecule has 1 heterocycles. The van der Waals surface area contributed by atoms with Gasteiger partial charge in [-0.3, -0.25) is 9.69 Å². The summed E-state index contributed by atoms with van der Waals surface area (Å²) in [6.45, 7) is 7.22. The number of likely N-dealkylation sites (N-methyl/N-ethyl adjacent to an activating group) is 1. The molecular weight excluding hydrogens is 172 g/mol. The first-order valence-corrected chi connectivity index (χ1v) is 4.59. The van der Waals surface area contributed by atoms with E-state index in [1.165, 1.54) is 0 Å². The molecule has 0 radical (unpaired) electrons. The summed E-state index contributed by atoms with van der Waals surface area (Å²) < 4.78 is 0. The van der Waals surface area contributed by atoms with Gasteiger partial charge in [0, 0.05) is 12.6 Å². The molecule has 0 aromatic carbocycles. The normalized spacial score (nSPS) is 18.3. The van der Waals surface area contributed by atoms with Crippen molar-refractivity contribution < 1.29 is 4.79 Å². The van der Waals surface area contributed by atoms with Crippen LogP contribution in [0.1, 0.15) is 20.8 Å². The Morgan fingerprint density at radius 3 is 2.42 bits per heavy atom. The Labute approximate surface area is 78.3 Å². The van der Waals surface area contributed by atoms with Gasteiger partial charge in [0.05, 0.1) is 6.54 Å². The van der Waals surface area contributed by atoms with Crippen molar-refractivity contribution >= 4 is 23.2 Å². The molecule has 0 spiro atoms. The number of thiocarbonyl (C=S) groups is 1. The molecule has 68 valence electrons. The lowest BCUT2D eigenvalue weighted by Gasteiger charge is -2.21. The predicted molar refractivity (Wildman–Crippen MR) is 51.8 cm³/mol. The van der Waals surface area contributed by atoms with Crippen molar-refractivity contribution in [2.24, 2.45) is 0 Å². The summed E-state index contributed by atoms with van der Waals surface area (Å²) in [5.74, 6) is 0.122. The summed E-state index contributed by atoms with van der Waals surface area (Å²) in [7, 11) is 0. The van der Waals surface area contributed by atoms with Crippen molar-refractivity contribution in [2.45, 2.75) is 26.8 Å². The summed E-state index contributed by atoms with van der Waals surface area (Å²) in [5, 5.41) is 0.678. The molecule has 0 aliphatic carbocycles. The molecule has 0 unspecified atom stereocenters. The second kappa shape index (κ2) is 3.39. The van der Waals surface area contributed by atoms with Crippen LogP contribution in [0.15, 0.2) is 0 Å². The maximum absolute atomic E-state index is 11.4. The van der Waals surface area contributed by atoms with Crippen molar-refractivity contribution in [1.29, 1.82) is 0 Å². The monoisotopic (exact) mass is 186 g/mol. The lowest BCUT2D eigenvalue weighted by atomic mass is 10.3. The fraction of sp³-hybridized carbons (Fsp3) is 0.750. The van der Waals surface area contributed by atoms with Crippen LogP contribution in [-0.2, 0) is 4.79 Å². The highest BCUT2D eigenvalue weighted by Gasteiger charge is 2.32. The number of hydrogen-bond acceptors (Lipinski definition) is 2. The number of nitrogens with zero attached hydrogens (tertiary/aromatic N) is 2. The van der Waals surface area contributed by atoms with E-state index in [0.717, 1.165) is 6.54 Å². The van der Waals surface area contributed by atoms with E-state index in [-0.39, 0.29) is 11.9 Å². The number of rotatable bonds is 2. The number of carbonyl (C=O) groups is 1. The lowest BCUT2D eigenvalue weighted by molar-refractivity contribution is -0.126. The summed E-state index contributed by atoms with van der Waals surface area (Å²) in [4.78, 5) is 15.0. The Morgan fingerprint density at radius 1 is 1.58 bits per heavy atom. The zero-order chi connectivity index (χ0) is 9.30. The van der Waals surface area contributed by atoms with Crippen LogP contribution < -0.4 is 0 Å². The minimum Gasteiger partial charge on any atom is -0.340 e. The van der Waals surface area contributed by atoms with Crippen LogP contribution in [0.25, 0.3) is 0 Å². The van der Waals surface area contributed by atoms with Gasteiger partial charge in [0.2, 0.25) is 5.91 Å². The van der Waals surface area contributed by atoms with E-state index in [2.05, 4.69) is 0 Å². The van der Waals surface area contributed by atoms with Gasteiger partial charge >= 0.3 is 0 Å². The number of carbonyl (C=O) groups excluding carboxylic acids is 1. The van der Waals surface area contributed by atoms with E-state index in [9.17, 15) is 4.79 Å². The zero-order valence-electron chi connectivity index (χ0n) is 7.70. The first-order chi connectivity index (χ1) is 5.57. The quantitative estimate of drug-likeness (QED) is 0.597. The van der Waals surface area contributed by atoms with Gasteiger partial charge in [-0.05, 0) is 33.0 Å². The van der Waals surface area contributed by atoms with Crippen molar-refractivity contribution in [3.63, 3.8) is 0 Å². The molecular formula is C8H14N2OS. The van der Waals surface area contributed by atoms with Crippen molar-refractivity contribution in [3.8, 4) is 0 Å². The van der Waals surface area contributed by atoms with E-state index in [4.69, 9.17) is 12.2 Å². The largest absolute Gasteiger partial charge is 0.340 e. The standard InChI is InChI=1S/C8H14N2OS/c1-4-9-5-7(11)10(6(2)3)8(9)12/h6H,4-5H2,1-3H3. The highest BCUT2D eigenvalue weighted by Crippen LogP contribution is 2.13. The first kappa shape index (κ1) is 9.45. The van der Waals surface area contributed by atoms with Crippen LogP contribution in [0.4, 0.5) is 0 Å². The maximum atomic E-state index is 11.4. The van der Waals surface area contributed by atoms with Crippen molar-refractivity contribution in [3.05, 3.63) is 0 Å². The molecule has 0 aromatic rings. The van der Waals surface area contributed by atoms with Gasteiger partial charge in [-0.2, -0.15) is 0 Å². The predicted octanol–water partition coefficient (Wildman–Crippen LogP) is 0.844. The fourth-order valence-corrected chi connectivity index (χ4v) is 1.83. The van der Waals surface area contributed by atoms with Crippen LogP contribution >= 0.6 is 12.2 Å². The van der Waals surface area contributed by atoms with Crippen LogP contribution in [0, 0.1) is 0 Å². The minimum absolute atomic E-state index is 0.122. The molecule has 1 aliphatic heterocycles. The lowest BCUT2D eigenvalue weighted by Crippen LogP contribution is -2.37. The molecule has 3 nitrogen and oxygen atoms in total. The second-order valence-corrected chi connectivity index (χ2v) is 3.52. The van der Waals surface area contributed by atoms with E-state index in [1.54, 1.807) is 4.90 Å². The third kappa shape index (κ3) is 1.43. The molecule has 12 heavy (non-hydrogen) atoms. The van der Waals surface area contributed by atoms with Gasteiger partial charge in [-0.1, -0.05) is 0 Å². The SMILES string of the molecule is CCN1CC(=O)N(C(C)C)C1=S. The molecule has 0 N–H and O–H groups in total. The average molecular weight is 186 g/mol. The van der Waals surface area contributed by atoms with Gasteiger partial charge in [-0.15, -0.1) is 0 Å². The van der Waals surface area contributed by atoms with Crippen LogP contribution in [0.3, 0.4) is 0 Å². The Bertz CT molecular complexity index is 215. The molecule has 1 fully saturated rings. The Kier molecular flexibility index (Phi) is 2.67. The highest BCUT2D eigenvalue weighted by atomic mass is 32.1. The van der Waals surface area contributed by atoms with Gasteiger partial charge in [0.25, 0.3) is 0 Å². The second-order valence-electron chi connectivity index (χ2n) is 3.15. The van der Waals surface area contributed by atoms with Gasteiger partial charge < -0.3 is 4.90 Å². The summed E-state index contributed by atoms with van der Waals surface area (Å²) in [6.07, 6.45) is 0. The summed E-state index contributed by atoms with van der Waals surface area (Å²) >= 11 is 5.15. The maximum Gasteiger partial charge on any atom is 0.248 e. The van der Waals surface area contributed by atoms with E-state index < -0.39 is 0 Å². The molecule has 4 heteroatoms. The summed E-state index contributed by atoms with van der Waals surface area (Å²) in [5.41, 5.74) is 0. The van der Waals surface area contributed by atoms with Crippen LogP contribution in [0.2, 0.25) is 0 Å². The molecule has 1 aliphatic rings. The average Bonchev–Trinajstić information content (AvgIpc) is 2.25. The molecule has 0 aromatic heterocycles. The van der Waals surface area contributed by atoms with Crippen LogP contribution in [-0.4, -0.2) is 40.0 Å². The molecule has 0 saturated carbocycles. The Hall–Kier alpha value is -0.640. The molecule has 0 bridgehead atoms. The van der Waals surface area contributed by atoms with Gasteiger partial charge in [0.15, 0.2) is 5.11 Å². The van der Waals surface area contributed by atoms with Crippen LogP contribution in [0.5, 0.6) is 0 Å².